The van der Waals surface area contributed by atoms with E-state index in [2.05, 4.69) is 44.3 Å². The highest BCUT2D eigenvalue weighted by molar-refractivity contribution is 5.30. The minimum Gasteiger partial charge on any atom is -0.384 e. The summed E-state index contributed by atoms with van der Waals surface area (Å²) in [6.45, 7) is 7.36. The Hall–Kier alpha value is -0.860. The van der Waals surface area contributed by atoms with Gasteiger partial charge in [0, 0.05) is 19.8 Å². The molecule has 0 saturated heterocycles. The van der Waals surface area contributed by atoms with E-state index in [1.807, 2.05) is 7.05 Å². The first-order chi connectivity index (χ1) is 8.06. The molecule has 1 rings (SSSR count). The van der Waals surface area contributed by atoms with Crippen LogP contribution in [0.5, 0.6) is 0 Å². The summed E-state index contributed by atoms with van der Waals surface area (Å²) in [5.41, 5.74) is 4.05. The predicted molar refractivity (Wildman–Crippen MR) is 73.4 cm³/mol. The van der Waals surface area contributed by atoms with Crippen LogP contribution in [-0.4, -0.2) is 20.8 Å². The summed E-state index contributed by atoms with van der Waals surface area (Å²) in [5, 5.41) is 3.41. The molecule has 0 heterocycles. The molecule has 0 saturated carbocycles. The van der Waals surface area contributed by atoms with Crippen molar-refractivity contribution < 1.29 is 4.74 Å². The maximum Gasteiger partial charge on any atom is 0.0488 e. The number of rotatable bonds is 6. The van der Waals surface area contributed by atoms with Gasteiger partial charge in [0.25, 0.3) is 0 Å². The molecular weight excluding hydrogens is 210 g/mol. The third-order valence-electron chi connectivity index (χ3n) is 3.08. The van der Waals surface area contributed by atoms with Crippen molar-refractivity contribution in [3.63, 3.8) is 0 Å². The van der Waals surface area contributed by atoms with Crippen LogP contribution in [0.1, 0.15) is 36.1 Å². The van der Waals surface area contributed by atoms with E-state index in [9.17, 15) is 0 Å². The first-order valence-electron chi connectivity index (χ1n) is 6.31. The topological polar surface area (TPSA) is 21.3 Å². The molecule has 0 aliphatic carbocycles. The van der Waals surface area contributed by atoms with Gasteiger partial charge in [0.1, 0.15) is 0 Å². The zero-order chi connectivity index (χ0) is 12.8. The molecule has 0 radical (unpaired) electrons. The standard InChI is InChI=1S/C15H25NO/c1-11-6-12(2)8-14(7-11)15(16-4)9-13(3)10-17-5/h6-8,13,15-16H,9-10H2,1-5H3. The van der Waals surface area contributed by atoms with Crippen LogP contribution in [0.2, 0.25) is 0 Å². The molecule has 2 heteroatoms. The molecule has 0 aliphatic rings. The summed E-state index contributed by atoms with van der Waals surface area (Å²) in [4.78, 5) is 0. The Bertz CT molecular complexity index is 329. The molecule has 0 spiro atoms. The Kier molecular flexibility index (Phi) is 5.66. The highest BCUT2D eigenvalue weighted by Gasteiger charge is 2.14. The van der Waals surface area contributed by atoms with E-state index < -0.39 is 0 Å². The van der Waals surface area contributed by atoms with E-state index in [0.717, 1.165) is 13.0 Å². The maximum absolute atomic E-state index is 5.20. The van der Waals surface area contributed by atoms with Gasteiger partial charge in [0.15, 0.2) is 0 Å². The maximum atomic E-state index is 5.20. The van der Waals surface area contributed by atoms with Crippen molar-refractivity contribution in [2.75, 3.05) is 20.8 Å². The third-order valence-corrected chi connectivity index (χ3v) is 3.08. The Labute approximate surface area is 105 Å². The molecule has 2 atom stereocenters. The van der Waals surface area contributed by atoms with Gasteiger partial charge in [0.05, 0.1) is 0 Å². The Morgan fingerprint density at radius 1 is 1.18 bits per heavy atom. The summed E-state index contributed by atoms with van der Waals surface area (Å²) in [6.07, 6.45) is 1.10. The lowest BCUT2D eigenvalue weighted by molar-refractivity contribution is 0.150. The molecule has 0 bridgehead atoms. The average Bonchev–Trinajstić information content (AvgIpc) is 2.24. The molecule has 1 aromatic carbocycles. The van der Waals surface area contributed by atoms with Gasteiger partial charge in [-0.15, -0.1) is 0 Å². The summed E-state index contributed by atoms with van der Waals surface area (Å²) in [5.74, 6) is 0.568. The van der Waals surface area contributed by atoms with E-state index in [0.29, 0.717) is 12.0 Å². The Balaban J connectivity index is 2.78. The summed E-state index contributed by atoms with van der Waals surface area (Å²) < 4.78 is 5.20. The molecule has 0 aliphatic heterocycles. The fourth-order valence-electron chi connectivity index (χ4n) is 2.39. The second kappa shape index (κ2) is 6.77. The highest BCUT2D eigenvalue weighted by Crippen LogP contribution is 2.23. The largest absolute Gasteiger partial charge is 0.384 e. The van der Waals surface area contributed by atoms with Crippen LogP contribution in [0, 0.1) is 19.8 Å². The minimum atomic E-state index is 0.416. The first-order valence-corrected chi connectivity index (χ1v) is 6.31. The summed E-state index contributed by atoms with van der Waals surface area (Å²) >= 11 is 0. The van der Waals surface area contributed by atoms with Gasteiger partial charge in [0.2, 0.25) is 0 Å². The lowest BCUT2D eigenvalue weighted by Gasteiger charge is -2.21. The first kappa shape index (κ1) is 14.2. The second-order valence-electron chi connectivity index (χ2n) is 5.06. The number of benzene rings is 1. The SMILES string of the molecule is CNC(CC(C)COC)c1cc(C)cc(C)c1. The zero-order valence-corrected chi connectivity index (χ0v) is 11.7. The van der Waals surface area contributed by atoms with Crippen molar-refractivity contribution in [3.05, 3.63) is 34.9 Å². The molecule has 2 nitrogen and oxygen atoms in total. The van der Waals surface area contributed by atoms with Gasteiger partial charge in [-0.25, -0.2) is 0 Å². The van der Waals surface area contributed by atoms with Crippen molar-refractivity contribution in [1.82, 2.24) is 5.32 Å². The Morgan fingerprint density at radius 2 is 1.76 bits per heavy atom. The Morgan fingerprint density at radius 3 is 2.24 bits per heavy atom. The van der Waals surface area contributed by atoms with Gasteiger partial charge >= 0.3 is 0 Å². The number of aryl methyl sites for hydroxylation is 2. The second-order valence-corrected chi connectivity index (χ2v) is 5.06. The van der Waals surface area contributed by atoms with E-state index in [1.54, 1.807) is 7.11 Å². The molecule has 1 aromatic rings. The van der Waals surface area contributed by atoms with Gasteiger partial charge in [-0.1, -0.05) is 36.2 Å². The van der Waals surface area contributed by atoms with E-state index in [1.165, 1.54) is 16.7 Å². The van der Waals surface area contributed by atoms with Gasteiger partial charge < -0.3 is 10.1 Å². The minimum absolute atomic E-state index is 0.416. The van der Waals surface area contributed by atoms with Crippen molar-refractivity contribution in [3.8, 4) is 0 Å². The van der Waals surface area contributed by atoms with E-state index >= 15 is 0 Å². The van der Waals surface area contributed by atoms with Crippen LogP contribution < -0.4 is 5.32 Å². The summed E-state index contributed by atoms with van der Waals surface area (Å²) in [7, 11) is 3.80. The van der Waals surface area contributed by atoms with E-state index in [-0.39, 0.29) is 0 Å². The molecule has 0 fully saturated rings. The molecule has 17 heavy (non-hydrogen) atoms. The van der Waals surface area contributed by atoms with Crippen LogP contribution in [0.15, 0.2) is 18.2 Å². The highest BCUT2D eigenvalue weighted by atomic mass is 16.5. The third kappa shape index (κ3) is 4.49. The van der Waals surface area contributed by atoms with Crippen molar-refractivity contribution in [2.45, 2.75) is 33.2 Å². The van der Waals surface area contributed by atoms with Gasteiger partial charge in [-0.2, -0.15) is 0 Å². The number of nitrogens with one attached hydrogen (secondary N) is 1. The fraction of sp³-hybridized carbons (Fsp3) is 0.600. The molecule has 1 N–H and O–H groups in total. The summed E-state index contributed by atoms with van der Waals surface area (Å²) in [6, 6.07) is 7.18. The zero-order valence-electron chi connectivity index (χ0n) is 11.7. The average molecular weight is 235 g/mol. The predicted octanol–water partition coefficient (Wildman–Crippen LogP) is 3.24. The molecular formula is C15H25NO. The number of hydrogen-bond donors (Lipinski definition) is 1. The van der Waals surface area contributed by atoms with Crippen molar-refractivity contribution >= 4 is 0 Å². The van der Waals surface area contributed by atoms with E-state index in [4.69, 9.17) is 4.74 Å². The number of hydrogen-bond acceptors (Lipinski definition) is 2. The monoisotopic (exact) mass is 235 g/mol. The quantitative estimate of drug-likeness (QED) is 0.817. The molecule has 0 amide bonds. The van der Waals surface area contributed by atoms with Crippen LogP contribution in [0.3, 0.4) is 0 Å². The smallest absolute Gasteiger partial charge is 0.0488 e. The lowest BCUT2D eigenvalue weighted by Crippen LogP contribution is -2.21. The fourth-order valence-corrected chi connectivity index (χ4v) is 2.39. The van der Waals surface area contributed by atoms with Crippen molar-refractivity contribution in [1.29, 1.82) is 0 Å². The number of methoxy groups -OCH3 is 1. The molecule has 0 aromatic heterocycles. The van der Waals surface area contributed by atoms with Crippen LogP contribution in [0.4, 0.5) is 0 Å². The van der Waals surface area contributed by atoms with Crippen LogP contribution >= 0.6 is 0 Å². The van der Waals surface area contributed by atoms with Gasteiger partial charge in [-0.3, -0.25) is 0 Å². The van der Waals surface area contributed by atoms with Crippen molar-refractivity contribution in [2.24, 2.45) is 5.92 Å². The van der Waals surface area contributed by atoms with Crippen LogP contribution in [0.25, 0.3) is 0 Å². The lowest BCUT2D eigenvalue weighted by atomic mass is 9.94. The molecule has 2 unspecified atom stereocenters. The molecule has 96 valence electrons. The van der Waals surface area contributed by atoms with Gasteiger partial charge in [-0.05, 0) is 38.8 Å². The van der Waals surface area contributed by atoms with Crippen LogP contribution in [-0.2, 0) is 4.74 Å². The normalized spacial score (nSPS) is 14.6. The number of ether oxygens (including phenoxy) is 1.